The smallest absolute Gasteiger partial charge is 0.384 e. The van der Waals surface area contributed by atoms with Crippen LogP contribution in [0.2, 0.25) is 0 Å². The van der Waals surface area contributed by atoms with Crippen LogP contribution in [0, 0.1) is 20.2 Å². The molecular formula is C18H20F3N3O6. The molecule has 0 unspecified atom stereocenters. The lowest BCUT2D eigenvalue weighted by molar-refractivity contribution is -0.457. The molecule has 0 radical (unpaired) electrons. The fourth-order valence-electron chi connectivity index (χ4n) is 3.19. The number of hydrogen-bond acceptors (Lipinski definition) is 7. The Morgan fingerprint density at radius 3 is 1.70 bits per heavy atom. The van der Waals surface area contributed by atoms with E-state index in [0.717, 1.165) is 24.3 Å². The fourth-order valence-corrected chi connectivity index (χ4v) is 3.19. The monoisotopic (exact) mass is 431 g/mol. The Labute approximate surface area is 169 Å². The van der Waals surface area contributed by atoms with E-state index in [1.165, 1.54) is 14.2 Å². The van der Waals surface area contributed by atoms with Gasteiger partial charge in [0.2, 0.25) is 0 Å². The lowest BCUT2D eigenvalue weighted by Crippen LogP contribution is -2.33. The van der Waals surface area contributed by atoms with Crippen molar-refractivity contribution in [3.8, 4) is 0 Å². The minimum Gasteiger partial charge on any atom is -0.384 e. The maximum absolute atomic E-state index is 12.9. The van der Waals surface area contributed by atoms with Crippen LogP contribution in [0.15, 0.2) is 47.1 Å². The van der Waals surface area contributed by atoms with E-state index in [-0.39, 0.29) is 43.0 Å². The van der Waals surface area contributed by atoms with E-state index in [1.807, 2.05) is 0 Å². The van der Waals surface area contributed by atoms with Gasteiger partial charge in [0.25, 0.3) is 11.4 Å². The highest BCUT2D eigenvalue weighted by atomic mass is 19.4. The first-order chi connectivity index (χ1) is 14.1. The average molecular weight is 431 g/mol. The van der Waals surface area contributed by atoms with E-state index in [1.54, 1.807) is 0 Å². The summed E-state index contributed by atoms with van der Waals surface area (Å²) in [5.74, 6) is -1.46. The number of nitrogens with one attached hydrogen (secondary N) is 1. The van der Waals surface area contributed by atoms with Crippen LogP contribution in [0.1, 0.15) is 29.9 Å². The summed E-state index contributed by atoms with van der Waals surface area (Å²) in [4.78, 5) is 22.2. The van der Waals surface area contributed by atoms with Crippen molar-refractivity contribution < 1.29 is 32.5 Å². The maximum Gasteiger partial charge on any atom is 0.416 e. The zero-order chi connectivity index (χ0) is 22.5. The average Bonchev–Trinajstić information content (AvgIpc) is 2.68. The number of ether oxygens (including phenoxy) is 2. The van der Waals surface area contributed by atoms with Gasteiger partial charge in [0.15, 0.2) is 5.92 Å². The molecule has 1 heterocycles. The molecule has 2 rings (SSSR count). The van der Waals surface area contributed by atoms with Crippen LogP contribution >= 0.6 is 0 Å². The van der Waals surface area contributed by atoms with Crippen molar-refractivity contribution in [1.29, 1.82) is 0 Å². The number of nitro groups is 2. The Hall–Kier alpha value is -2.99. The van der Waals surface area contributed by atoms with Crippen LogP contribution in [-0.2, 0) is 15.7 Å². The summed E-state index contributed by atoms with van der Waals surface area (Å²) in [5.41, 5.74) is -1.75. The van der Waals surface area contributed by atoms with Gasteiger partial charge in [-0.15, -0.1) is 0 Å². The standard InChI is InChI=1S/C18H20F3N3O6/c1-29-9-7-13-16(23(25)26)15(11-3-5-12(6-4-11)18(19,20)21)17(24(27)28)14(22-13)8-10-30-2/h3-6,15,22H,7-10H2,1-2H3. The van der Waals surface area contributed by atoms with Crippen LogP contribution in [0.25, 0.3) is 0 Å². The second-order valence-electron chi connectivity index (χ2n) is 6.41. The van der Waals surface area contributed by atoms with Gasteiger partial charge >= 0.3 is 6.18 Å². The second kappa shape index (κ2) is 9.67. The molecule has 1 aromatic rings. The van der Waals surface area contributed by atoms with Crippen LogP contribution < -0.4 is 5.32 Å². The van der Waals surface area contributed by atoms with Crippen LogP contribution in [-0.4, -0.2) is 37.3 Å². The third-order valence-electron chi connectivity index (χ3n) is 4.54. The summed E-state index contributed by atoms with van der Waals surface area (Å²) < 4.78 is 48.6. The lowest BCUT2D eigenvalue weighted by Gasteiger charge is -2.25. The number of methoxy groups -OCH3 is 2. The van der Waals surface area contributed by atoms with Crippen molar-refractivity contribution >= 4 is 0 Å². The quantitative estimate of drug-likeness (QED) is 0.470. The van der Waals surface area contributed by atoms with Gasteiger partial charge in [-0.1, -0.05) is 12.1 Å². The molecule has 1 aromatic carbocycles. The number of alkyl halides is 3. The normalized spacial score (nSPS) is 15.4. The molecular weight excluding hydrogens is 411 g/mol. The van der Waals surface area contributed by atoms with Crippen molar-refractivity contribution in [3.05, 3.63) is 78.4 Å². The molecule has 12 heteroatoms. The van der Waals surface area contributed by atoms with E-state index < -0.39 is 38.9 Å². The predicted molar refractivity (Wildman–Crippen MR) is 98.3 cm³/mol. The highest BCUT2D eigenvalue weighted by molar-refractivity contribution is 5.42. The Morgan fingerprint density at radius 1 is 0.933 bits per heavy atom. The molecule has 9 nitrogen and oxygen atoms in total. The van der Waals surface area contributed by atoms with E-state index in [9.17, 15) is 33.4 Å². The van der Waals surface area contributed by atoms with Crippen LogP contribution in [0.5, 0.6) is 0 Å². The number of nitrogens with zero attached hydrogens (tertiary/aromatic N) is 2. The van der Waals surface area contributed by atoms with Crippen molar-refractivity contribution in [3.63, 3.8) is 0 Å². The van der Waals surface area contributed by atoms with Gasteiger partial charge < -0.3 is 14.8 Å². The summed E-state index contributed by atoms with van der Waals surface area (Å²) in [6.45, 7) is 0.204. The summed E-state index contributed by atoms with van der Waals surface area (Å²) >= 11 is 0. The third-order valence-corrected chi connectivity index (χ3v) is 4.54. The first-order valence-corrected chi connectivity index (χ1v) is 8.78. The zero-order valence-electron chi connectivity index (χ0n) is 16.2. The minimum absolute atomic E-state index is 0.00716. The number of rotatable bonds is 9. The zero-order valence-corrected chi connectivity index (χ0v) is 16.2. The molecule has 1 aliphatic rings. The second-order valence-corrected chi connectivity index (χ2v) is 6.41. The Kier molecular flexibility index (Phi) is 7.51. The topological polar surface area (TPSA) is 117 Å². The molecule has 0 aliphatic carbocycles. The SMILES string of the molecule is COCCC1=C([N+](=O)[O-])C(c2ccc(C(F)(F)F)cc2)C([N+](=O)[O-])=C(CCOC)N1. The van der Waals surface area contributed by atoms with Crippen molar-refractivity contribution in [2.75, 3.05) is 27.4 Å². The van der Waals surface area contributed by atoms with Gasteiger partial charge in [-0.05, 0) is 17.7 Å². The summed E-state index contributed by atoms with van der Waals surface area (Å²) in [6.07, 6.45) is -4.49. The van der Waals surface area contributed by atoms with Crippen LogP contribution in [0.4, 0.5) is 13.2 Å². The molecule has 0 saturated carbocycles. The molecule has 164 valence electrons. The molecule has 0 spiro atoms. The first-order valence-electron chi connectivity index (χ1n) is 8.78. The van der Waals surface area contributed by atoms with E-state index in [0.29, 0.717) is 0 Å². The van der Waals surface area contributed by atoms with Gasteiger partial charge in [-0.2, -0.15) is 13.2 Å². The molecule has 1 aliphatic heterocycles. The summed E-state index contributed by atoms with van der Waals surface area (Å²) in [7, 11) is 2.79. The fraction of sp³-hybridized carbons (Fsp3) is 0.444. The van der Waals surface area contributed by atoms with Gasteiger partial charge in [-0.25, -0.2) is 0 Å². The summed E-state index contributed by atoms with van der Waals surface area (Å²) in [5, 5.41) is 26.4. The highest BCUT2D eigenvalue weighted by Gasteiger charge is 2.46. The van der Waals surface area contributed by atoms with Gasteiger partial charge in [0.1, 0.15) is 0 Å². The van der Waals surface area contributed by atoms with Crippen molar-refractivity contribution in [2.24, 2.45) is 0 Å². The highest BCUT2D eigenvalue weighted by Crippen LogP contribution is 2.41. The van der Waals surface area contributed by atoms with Crippen molar-refractivity contribution in [1.82, 2.24) is 5.32 Å². The molecule has 0 aromatic heterocycles. The predicted octanol–water partition coefficient (Wildman–Crippen LogP) is 3.44. The summed E-state index contributed by atoms with van der Waals surface area (Å²) in [6, 6.07) is 3.54. The maximum atomic E-state index is 12.9. The van der Waals surface area contributed by atoms with Crippen LogP contribution in [0.3, 0.4) is 0 Å². The number of halogens is 3. The Balaban J connectivity index is 2.68. The molecule has 0 atom stereocenters. The van der Waals surface area contributed by atoms with Crippen molar-refractivity contribution in [2.45, 2.75) is 24.9 Å². The Morgan fingerprint density at radius 2 is 1.37 bits per heavy atom. The molecule has 30 heavy (non-hydrogen) atoms. The van der Waals surface area contributed by atoms with Gasteiger partial charge in [0, 0.05) is 27.1 Å². The van der Waals surface area contributed by atoms with E-state index in [4.69, 9.17) is 9.47 Å². The number of hydrogen-bond donors (Lipinski definition) is 1. The molecule has 0 amide bonds. The lowest BCUT2D eigenvalue weighted by atomic mass is 9.86. The molecule has 0 fully saturated rings. The minimum atomic E-state index is -4.61. The number of benzene rings is 1. The number of dihydropyridines is 1. The largest absolute Gasteiger partial charge is 0.416 e. The molecule has 0 bridgehead atoms. The first kappa shape index (κ1) is 23.3. The Bertz CT molecular complexity index is 823. The third kappa shape index (κ3) is 5.13. The molecule has 1 N–H and O–H groups in total. The van der Waals surface area contributed by atoms with E-state index >= 15 is 0 Å². The van der Waals surface area contributed by atoms with E-state index in [2.05, 4.69) is 5.32 Å². The molecule has 0 saturated heterocycles. The van der Waals surface area contributed by atoms with Gasteiger partial charge in [0.05, 0.1) is 40.0 Å². The van der Waals surface area contributed by atoms with Gasteiger partial charge in [-0.3, -0.25) is 20.2 Å².